The topological polar surface area (TPSA) is 29.9 Å². The van der Waals surface area contributed by atoms with E-state index in [0.29, 0.717) is 16.7 Å². The van der Waals surface area contributed by atoms with Gasteiger partial charge >= 0.3 is 0 Å². The zero-order valence-electron chi connectivity index (χ0n) is 10.3. The van der Waals surface area contributed by atoms with Crippen LogP contribution in [-0.4, -0.2) is 21.9 Å². The minimum atomic E-state index is -2.39. The third-order valence-electron chi connectivity index (χ3n) is 2.57. The Kier molecular flexibility index (Phi) is 5.20. The Morgan fingerprint density at radius 2 is 2.16 bits per heavy atom. The molecule has 0 saturated carbocycles. The summed E-state index contributed by atoms with van der Waals surface area (Å²) in [5.74, 6) is -2.39. The van der Waals surface area contributed by atoms with E-state index in [2.05, 4.69) is 10.3 Å². The second-order valence-corrected chi connectivity index (χ2v) is 4.99. The zero-order valence-corrected chi connectivity index (χ0v) is 11.1. The summed E-state index contributed by atoms with van der Waals surface area (Å²) >= 11 is 0.570. The van der Waals surface area contributed by atoms with Gasteiger partial charge in [0.05, 0.1) is 6.33 Å². The van der Waals surface area contributed by atoms with E-state index in [1.807, 2.05) is 22.9 Å². The van der Waals surface area contributed by atoms with Crippen molar-refractivity contribution >= 4 is 17.4 Å². The van der Waals surface area contributed by atoms with Gasteiger partial charge in [0.2, 0.25) is 0 Å². The quantitative estimate of drug-likeness (QED) is 0.620. The number of halogens is 2. The highest BCUT2D eigenvalue weighted by Crippen LogP contribution is 2.31. The van der Waals surface area contributed by atoms with Gasteiger partial charge in [-0.1, -0.05) is 23.9 Å². The fraction of sp³-hybridized carbons (Fsp3) is 0.308. The lowest BCUT2D eigenvalue weighted by Crippen LogP contribution is -2.06. The van der Waals surface area contributed by atoms with Crippen LogP contribution < -0.4 is 5.32 Å². The molecule has 6 heteroatoms. The molecule has 0 unspecified atom stereocenters. The molecule has 0 bridgehead atoms. The summed E-state index contributed by atoms with van der Waals surface area (Å²) in [6.07, 6.45) is 6.31. The summed E-state index contributed by atoms with van der Waals surface area (Å²) in [6.45, 7) is 1.59. The van der Waals surface area contributed by atoms with Gasteiger partial charge in [-0.3, -0.25) is 0 Å². The summed E-state index contributed by atoms with van der Waals surface area (Å²) in [5.41, 5.74) is 0.762. The van der Waals surface area contributed by atoms with Crippen molar-refractivity contribution in [1.29, 1.82) is 0 Å². The summed E-state index contributed by atoms with van der Waals surface area (Å²) in [5, 5.41) is 3.19. The molecule has 0 amide bonds. The molecule has 0 aliphatic carbocycles. The Bertz CT molecular complexity index is 488. The average Bonchev–Trinajstić information content (AvgIpc) is 2.89. The molecular formula is C13H15F2N3S. The lowest BCUT2D eigenvalue weighted by Gasteiger charge is -2.11. The number of nitrogens with zero attached hydrogens (tertiary/aromatic N) is 2. The van der Waals surface area contributed by atoms with Crippen molar-refractivity contribution in [2.24, 2.45) is 0 Å². The number of benzene rings is 1. The summed E-state index contributed by atoms with van der Waals surface area (Å²) in [4.78, 5) is 4.55. The first kappa shape index (κ1) is 13.9. The molecule has 0 spiro atoms. The second-order valence-electron chi connectivity index (χ2n) is 3.96. The van der Waals surface area contributed by atoms with Crippen molar-refractivity contribution in [2.75, 3.05) is 11.9 Å². The molecule has 102 valence electrons. The third kappa shape index (κ3) is 4.55. The molecule has 2 rings (SSSR count). The minimum Gasteiger partial charge on any atom is -0.384 e. The largest absolute Gasteiger partial charge is 0.384 e. The Labute approximate surface area is 115 Å². The number of thioether (sulfide) groups is 1. The molecule has 0 aliphatic rings. The molecule has 3 nitrogen and oxygen atoms in total. The van der Waals surface area contributed by atoms with Gasteiger partial charge < -0.3 is 9.88 Å². The molecule has 1 aromatic carbocycles. The maximum absolute atomic E-state index is 12.4. The van der Waals surface area contributed by atoms with Gasteiger partial charge in [-0.15, -0.1) is 0 Å². The maximum atomic E-state index is 12.4. The number of rotatable bonds is 7. The Balaban J connectivity index is 1.82. The number of aromatic nitrogens is 2. The van der Waals surface area contributed by atoms with Gasteiger partial charge in [-0.2, -0.15) is 8.78 Å². The van der Waals surface area contributed by atoms with Gasteiger partial charge in [-0.05, 0) is 18.6 Å². The van der Waals surface area contributed by atoms with Crippen LogP contribution in [0, 0.1) is 0 Å². The molecule has 0 radical (unpaired) electrons. The molecule has 1 heterocycles. The van der Waals surface area contributed by atoms with Crippen molar-refractivity contribution in [3.63, 3.8) is 0 Å². The molecule has 0 atom stereocenters. The third-order valence-corrected chi connectivity index (χ3v) is 3.36. The van der Waals surface area contributed by atoms with Crippen LogP contribution in [0.4, 0.5) is 14.5 Å². The number of para-hydroxylation sites is 1. The van der Waals surface area contributed by atoms with Crippen LogP contribution in [0.5, 0.6) is 0 Å². The molecule has 0 fully saturated rings. The second kappa shape index (κ2) is 7.13. The highest BCUT2D eigenvalue weighted by molar-refractivity contribution is 7.99. The number of nitrogens with one attached hydrogen (secondary N) is 1. The zero-order chi connectivity index (χ0) is 13.5. The van der Waals surface area contributed by atoms with Crippen LogP contribution in [0.1, 0.15) is 6.42 Å². The Morgan fingerprint density at radius 3 is 2.89 bits per heavy atom. The van der Waals surface area contributed by atoms with Crippen LogP contribution in [0.3, 0.4) is 0 Å². The Morgan fingerprint density at radius 1 is 1.32 bits per heavy atom. The molecule has 0 saturated heterocycles. The maximum Gasteiger partial charge on any atom is 0.288 e. The number of imidazole rings is 1. The summed E-state index contributed by atoms with van der Waals surface area (Å²) < 4.78 is 26.8. The van der Waals surface area contributed by atoms with E-state index in [-0.39, 0.29) is 0 Å². The first-order valence-corrected chi connectivity index (χ1v) is 6.87. The normalized spacial score (nSPS) is 10.9. The smallest absolute Gasteiger partial charge is 0.288 e. The van der Waals surface area contributed by atoms with E-state index >= 15 is 0 Å². The van der Waals surface area contributed by atoms with E-state index in [0.717, 1.165) is 25.2 Å². The van der Waals surface area contributed by atoms with E-state index in [1.165, 1.54) is 0 Å². The summed E-state index contributed by atoms with van der Waals surface area (Å²) in [7, 11) is 0. The first-order valence-electron chi connectivity index (χ1n) is 5.99. The van der Waals surface area contributed by atoms with Gasteiger partial charge in [0, 0.05) is 36.1 Å². The van der Waals surface area contributed by atoms with Crippen molar-refractivity contribution in [3.05, 3.63) is 43.0 Å². The van der Waals surface area contributed by atoms with Crippen molar-refractivity contribution in [3.8, 4) is 0 Å². The number of hydrogen-bond donors (Lipinski definition) is 1. The predicted molar refractivity (Wildman–Crippen MR) is 73.6 cm³/mol. The SMILES string of the molecule is FC(F)Sc1ccccc1NCCCn1ccnc1. The highest BCUT2D eigenvalue weighted by atomic mass is 32.2. The van der Waals surface area contributed by atoms with Crippen LogP contribution in [0.15, 0.2) is 47.9 Å². The van der Waals surface area contributed by atoms with Gasteiger partial charge in [-0.25, -0.2) is 4.98 Å². The summed E-state index contributed by atoms with van der Waals surface area (Å²) in [6, 6.07) is 7.13. The fourth-order valence-electron chi connectivity index (χ4n) is 1.72. The molecule has 2 aromatic rings. The lowest BCUT2D eigenvalue weighted by atomic mass is 10.3. The van der Waals surface area contributed by atoms with Crippen molar-refractivity contribution < 1.29 is 8.78 Å². The van der Waals surface area contributed by atoms with Gasteiger partial charge in [0.15, 0.2) is 0 Å². The van der Waals surface area contributed by atoms with Crippen LogP contribution in [-0.2, 0) is 6.54 Å². The molecule has 19 heavy (non-hydrogen) atoms. The van der Waals surface area contributed by atoms with Gasteiger partial charge in [0.1, 0.15) is 0 Å². The average molecular weight is 283 g/mol. The molecule has 1 aromatic heterocycles. The van der Waals surface area contributed by atoms with Gasteiger partial charge in [0.25, 0.3) is 5.76 Å². The lowest BCUT2D eigenvalue weighted by molar-refractivity contribution is 0.252. The molecular weight excluding hydrogens is 268 g/mol. The standard InChI is InChI=1S/C13H15F2N3S/c14-13(15)19-12-5-2-1-4-11(12)17-6-3-8-18-9-7-16-10-18/h1-2,4-5,7,9-10,13,17H,3,6,8H2. The number of hydrogen-bond acceptors (Lipinski definition) is 3. The number of alkyl halides is 2. The van der Waals surface area contributed by atoms with E-state index < -0.39 is 5.76 Å². The monoisotopic (exact) mass is 283 g/mol. The molecule has 0 aliphatic heterocycles. The van der Waals surface area contributed by atoms with Crippen LogP contribution in [0.25, 0.3) is 0 Å². The molecule has 1 N–H and O–H groups in total. The fourth-order valence-corrected chi connectivity index (χ4v) is 2.33. The van der Waals surface area contributed by atoms with E-state index in [9.17, 15) is 8.78 Å². The predicted octanol–water partition coefficient (Wildman–Crippen LogP) is 3.70. The highest BCUT2D eigenvalue weighted by Gasteiger charge is 2.08. The van der Waals surface area contributed by atoms with E-state index in [1.54, 1.807) is 24.7 Å². The first-order chi connectivity index (χ1) is 9.25. The van der Waals surface area contributed by atoms with Crippen LogP contribution >= 0.6 is 11.8 Å². The minimum absolute atomic E-state index is 0.570. The van der Waals surface area contributed by atoms with Crippen molar-refractivity contribution in [2.45, 2.75) is 23.6 Å². The Hall–Kier alpha value is -1.56. The number of anilines is 1. The van der Waals surface area contributed by atoms with Crippen LogP contribution in [0.2, 0.25) is 0 Å². The van der Waals surface area contributed by atoms with E-state index in [4.69, 9.17) is 0 Å². The van der Waals surface area contributed by atoms with Crippen molar-refractivity contribution in [1.82, 2.24) is 9.55 Å². The number of aryl methyl sites for hydroxylation is 1.